The highest BCUT2D eigenvalue weighted by atomic mass is 79.9. The van der Waals surface area contributed by atoms with Crippen molar-refractivity contribution in [3.63, 3.8) is 0 Å². The van der Waals surface area contributed by atoms with Crippen molar-refractivity contribution in [3.8, 4) is 0 Å². The molecule has 2 rings (SSSR count). The Balaban J connectivity index is 2.28. The van der Waals surface area contributed by atoms with Gasteiger partial charge in [0.1, 0.15) is 4.90 Å². The first-order valence-corrected chi connectivity index (χ1v) is 9.19. The van der Waals surface area contributed by atoms with Crippen molar-refractivity contribution in [1.29, 1.82) is 0 Å². The number of hydrogen-bond donors (Lipinski definition) is 2. The van der Waals surface area contributed by atoms with Crippen molar-refractivity contribution < 1.29 is 8.42 Å². The van der Waals surface area contributed by atoms with Crippen molar-refractivity contribution in [3.05, 3.63) is 57.0 Å². The van der Waals surface area contributed by atoms with Crippen LogP contribution in [0.3, 0.4) is 0 Å². The van der Waals surface area contributed by atoms with Crippen molar-refractivity contribution in [2.45, 2.75) is 17.9 Å². The van der Waals surface area contributed by atoms with Gasteiger partial charge in [-0.25, -0.2) is 13.1 Å². The monoisotopic (exact) mass is 432 g/mol. The molecule has 112 valence electrons. The summed E-state index contributed by atoms with van der Waals surface area (Å²) in [6, 6.07) is 11.9. The predicted octanol–water partition coefficient (Wildman–Crippen LogP) is 3.83. The summed E-state index contributed by atoms with van der Waals surface area (Å²) in [7, 11) is -3.69. The Kier molecular flexibility index (Phi) is 5.08. The van der Waals surface area contributed by atoms with Gasteiger partial charge in [0.2, 0.25) is 10.0 Å². The molecule has 3 N–H and O–H groups in total. The van der Waals surface area contributed by atoms with E-state index < -0.39 is 10.0 Å². The number of sulfonamides is 1. The summed E-state index contributed by atoms with van der Waals surface area (Å²) in [6.07, 6.45) is 0. The lowest BCUT2D eigenvalue weighted by atomic mass is 10.1. The molecule has 0 unspecified atom stereocenters. The first-order chi connectivity index (χ1) is 9.79. The summed E-state index contributed by atoms with van der Waals surface area (Å²) in [4.78, 5) is 0.0702. The fourth-order valence-electron chi connectivity index (χ4n) is 1.86. The van der Waals surface area contributed by atoms with Crippen molar-refractivity contribution in [2.24, 2.45) is 0 Å². The Morgan fingerprint density at radius 1 is 1.05 bits per heavy atom. The molecule has 0 saturated heterocycles. The van der Waals surface area contributed by atoms with Gasteiger partial charge in [0.05, 0.1) is 5.69 Å². The Bertz CT molecular complexity index is 746. The standard InChI is InChI=1S/C14H14Br2N2O2S/c1-9(10-2-4-11(15)5-3-10)18-21(19,20)14-8-12(16)6-7-13(14)17/h2-9,18H,17H2,1H3/t9-/m0/s1. The van der Waals surface area contributed by atoms with E-state index in [1.165, 1.54) is 6.07 Å². The summed E-state index contributed by atoms with van der Waals surface area (Å²) in [6.45, 7) is 1.79. The molecular weight excluding hydrogens is 420 g/mol. The van der Waals surface area contributed by atoms with Gasteiger partial charge in [0.25, 0.3) is 0 Å². The fourth-order valence-corrected chi connectivity index (χ4v) is 4.02. The molecule has 0 bridgehead atoms. The molecule has 0 aromatic heterocycles. The number of anilines is 1. The highest BCUT2D eigenvalue weighted by Crippen LogP contribution is 2.25. The maximum absolute atomic E-state index is 12.4. The Morgan fingerprint density at radius 3 is 2.24 bits per heavy atom. The number of hydrogen-bond acceptors (Lipinski definition) is 3. The number of nitrogens with two attached hydrogens (primary N) is 1. The van der Waals surface area contributed by atoms with Crippen LogP contribution in [0.4, 0.5) is 5.69 Å². The molecule has 2 aromatic carbocycles. The summed E-state index contributed by atoms with van der Waals surface area (Å²) in [5.74, 6) is 0. The van der Waals surface area contributed by atoms with E-state index in [2.05, 4.69) is 36.6 Å². The van der Waals surface area contributed by atoms with E-state index >= 15 is 0 Å². The minimum Gasteiger partial charge on any atom is -0.398 e. The number of nitrogen functional groups attached to an aromatic ring is 1. The molecule has 1 atom stereocenters. The van der Waals surface area contributed by atoms with Gasteiger partial charge >= 0.3 is 0 Å². The van der Waals surface area contributed by atoms with Gasteiger partial charge in [-0.05, 0) is 42.8 Å². The zero-order valence-corrected chi connectivity index (χ0v) is 15.2. The molecule has 0 saturated carbocycles. The van der Waals surface area contributed by atoms with Crippen molar-refractivity contribution in [1.82, 2.24) is 4.72 Å². The number of halogens is 2. The maximum Gasteiger partial charge on any atom is 0.243 e. The molecule has 0 fully saturated rings. The smallest absolute Gasteiger partial charge is 0.243 e. The largest absolute Gasteiger partial charge is 0.398 e. The normalized spacial score (nSPS) is 13.1. The molecule has 21 heavy (non-hydrogen) atoms. The zero-order chi connectivity index (χ0) is 15.6. The lowest BCUT2D eigenvalue weighted by molar-refractivity contribution is 0.567. The van der Waals surface area contributed by atoms with Gasteiger partial charge in [-0.3, -0.25) is 0 Å². The third kappa shape index (κ3) is 4.06. The second-order valence-corrected chi connectivity index (χ2v) is 8.09. The summed E-state index contributed by atoms with van der Waals surface area (Å²) in [5, 5.41) is 0. The minimum absolute atomic E-state index is 0.0702. The summed E-state index contributed by atoms with van der Waals surface area (Å²) >= 11 is 6.60. The third-order valence-electron chi connectivity index (χ3n) is 2.97. The van der Waals surface area contributed by atoms with Gasteiger partial charge in [0, 0.05) is 15.0 Å². The van der Waals surface area contributed by atoms with Gasteiger partial charge in [-0.1, -0.05) is 44.0 Å². The molecule has 0 radical (unpaired) electrons. The van der Waals surface area contributed by atoms with E-state index in [1.807, 2.05) is 24.3 Å². The average molecular weight is 434 g/mol. The molecule has 0 aliphatic rings. The second-order valence-electron chi connectivity index (χ2n) is 4.58. The summed E-state index contributed by atoms with van der Waals surface area (Å²) in [5.41, 5.74) is 6.85. The van der Waals surface area contributed by atoms with Gasteiger partial charge in [-0.15, -0.1) is 0 Å². The fraction of sp³-hybridized carbons (Fsp3) is 0.143. The van der Waals surface area contributed by atoms with Crippen LogP contribution in [0, 0.1) is 0 Å². The van der Waals surface area contributed by atoms with Crippen LogP contribution in [-0.2, 0) is 10.0 Å². The van der Waals surface area contributed by atoms with E-state index in [4.69, 9.17) is 5.73 Å². The first-order valence-electron chi connectivity index (χ1n) is 6.12. The predicted molar refractivity (Wildman–Crippen MR) is 91.4 cm³/mol. The topological polar surface area (TPSA) is 72.2 Å². The number of nitrogens with one attached hydrogen (secondary N) is 1. The van der Waals surface area contributed by atoms with Crippen molar-refractivity contribution >= 4 is 47.6 Å². The molecule has 0 amide bonds. The van der Waals surface area contributed by atoms with Crippen LogP contribution in [-0.4, -0.2) is 8.42 Å². The van der Waals surface area contributed by atoms with Gasteiger partial charge < -0.3 is 5.73 Å². The molecule has 4 nitrogen and oxygen atoms in total. The van der Waals surface area contributed by atoms with Crippen LogP contribution in [0.25, 0.3) is 0 Å². The van der Waals surface area contributed by atoms with Crippen LogP contribution in [0.15, 0.2) is 56.3 Å². The Hall–Kier alpha value is -0.890. The Labute approximate surface area is 141 Å². The molecule has 0 aliphatic heterocycles. The highest BCUT2D eigenvalue weighted by Gasteiger charge is 2.21. The lowest BCUT2D eigenvalue weighted by Gasteiger charge is -2.16. The molecule has 7 heteroatoms. The van der Waals surface area contributed by atoms with Crippen LogP contribution in [0.2, 0.25) is 0 Å². The number of benzene rings is 2. The van der Waals surface area contributed by atoms with Crippen LogP contribution >= 0.6 is 31.9 Å². The van der Waals surface area contributed by atoms with E-state index in [9.17, 15) is 8.42 Å². The van der Waals surface area contributed by atoms with Gasteiger partial charge in [-0.2, -0.15) is 0 Å². The van der Waals surface area contributed by atoms with Crippen molar-refractivity contribution in [2.75, 3.05) is 5.73 Å². The molecule has 2 aromatic rings. The average Bonchev–Trinajstić information content (AvgIpc) is 2.41. The van der Waals surface area contributed by atoms with E-state index in [0.29, 0.717) is 4.47 Å². The zero-order valence-electron chi connectivity index (χ0n) is 11.2. The highest BCUT2D eigenvalue weighted by molar-refractivity contribution is 9.10. The molecular formula is C14H14Br2N2O2S. The SMILES string of the molecule is C[C@H](NS(=O)(=O)c1cc(Br)ccc1N)c1ccc(Br)cc1. The van der Waals surface area contributed by atoms with E-state index in [1.54, 1.807) is 19.1 Å². The number of rotatable bonds is 4. The second kappa shape index (κ2) is 6.48. The molecule has 0 aliphatic carbocycles. The van der Waals surface area contributed by atoms with Crippen LogP contribution in [0.1, 0.15) is 18.5 Å². The van der Waals surface area contributed by atoms with E-state index in [-0.39, 0.29) is 16.6 Å². The molecule has 0 heterocycles. The first kappa shape index (κ1) is 16.5. The lowest BCUT2D eigenvalue weighted by Crippen LogP contribution is -2.27. The quantitative estimate of drug-likeness (QED) is 0.719. The molecule has 0 spiro atoms. The minimum atomic E-state index is -3.69. The van der Waals surface area contributed by atoms with Gasteiger partial charge in [0.15, 0.2) is 0 Å². The summed E-state index contributed by atoms with van der Waals surface area (Å²) < 4.78 is 29.1. The Morgan fingerprint density at radius 2 is 1.62 bits per heavy atom. The van der Waals surface area contributed by atoms with E-state index in [0.717, 1.165) is 10.0 Å². The maximum atomic E-state index is 12.4. The third-order valence-corrected chi connectivity index (χ3v) is 5.59. The van der Waals surface area contributed by atoms with Crippen LogP contribution < -0.4 is 10.5 Å². The van der Waals surface area contributed by atoms with Crippen LogP contribution in [0.5, 0.6) is 0 Å².